The van der Waals surface area contributed by atoms with Crippen LogP contribution in [0.25, 0.3) is 55.6 Å². The Morgan fingerprint density at radius 1 is 0.273 bits per heavy atom. The van der Waals surface area contributed by atoms with Gasteiger partial charge in [0.1, 0.15) is 0 Å². The fourth-order valence-electron chi connectivity index (χ4n) is 5.88. The molecule has 0 heterocycles. The van der Waals surface area contributed by atoms with E-state index in [9.17, 15) is 0 Å². The molecule has 0 aromatic heterocycles. The van der Waals surface area contributed by atoms with Crippen LogP contribution >= 0.6 is 63.7 Å². The summed E-state index contributed by atoms with van der Waals surface area (Å²) in [6.45, 7) is 0. The van der Waals surface area contributed by atoms with Gasteiger partial charge in [0.2, 0.25) is 0 Å². The molecular weight excluding hydrogens is 800 g/mol. The smallest absolute Gasteiger partial charge is 0.0289 e. The molecule has 4 heteroatoms. The first-order valence-electron chi connectivity index (χ1n) is 14.5. The van der Waals surface area contributed by atoms with Crippen molar-refractivity contribution in [2.75, 3.05) is 0 Å². The Hall–Kier alpha value is -2.76. The van der Waals surface area contributed by atoms with E-state index < -0.39 is 0 Å². The van der Waals surface area contributed by atoms with Crippen molar-refractivity contribution in [1.82, 2.24) is 0 Å². The molecule has 0 amide bonds. The predicted octanol–water partition coefficient (Wildman–Crippen LogP) is 13.6. The largest absolute Gasteiger partial charge is 0.0876 e. The van der Waals surface area contributed by atoms with Crippen molar-refractivity contribution < 1.29 is 0 Å². The minimum Gasteiger partial charge on any atom is -0.0876 e. The Bertz CT molecular complexity index is 1650. The highest BCUT2D eigenvalue weighted by molar-refractivity contribution is 9.09. The lowest BCUT2D eigenvalue weighted by atomic mass is 9.87. The summed E-state index contributed by atoms with van der Waals surface area (Å²) in [5.74, 6) is 0. The summed E-state index contributed by atoms with van der Waals surface area (Å²) >= 11 is 15.0. The molecule has 0 atom stereocenters. The summed E-state index contributed by atoms with van der Waals surface area (Å²) in [5, 5.41) is 3.19. The van der Waals surface area contributed by atoms with Gasteiger partial charge in [-0.05, 0) is 114 Å². The molecule has 6 rings (SSSR count). The highest BCUT2D eigenvalue weighted by atomic mass is 79.9. The molecule has 0 aliphatic heterocycles. The van der Waals surface area contributed by atoms with Crippen LogP contribution in [0.5, 0.6) is 0 Å². The van der Waals surface area contributed by atoms with Crippen molar-refractivity contribution in [1.29, 1.82) is 0 Å². The van der Waals surface area contributed by atoms with Gasteiger partial charge in [0, 0.05) is 21.3 Å². The minimum atomic E-state index is 0.799. The lowest BCUT2D eigenvalue weighted by Gasteiger charge is -2.17. The topological polar surface area (TPSA) is 0 Å². The van der Waals surface area contributed by atoms with E-state index in [1.807, 2.05) is 0 Å². The summed E-state index contributed by atoms with van der Waals surface area (Å²) in [6.07, 6.45) is 0. The van der Waals surface area contributed by atoms with Crippen LogP contribution in [0.3, 0.4) is 0 Å². The summed E-state index contributed by atoms with van der Waals surface area (Å²) in [7, 11) is 0. The zero-order valence-electron chi connectivity index (χ0n) is 24.0. The SMILES string of the molecule is BrCc1ccccc1-c1cc(-c2cc(-c3ccccc3CBr)cc(-c3ccccc3CBr)c2)cc(-c2ccccc2CBr)c1. The molecule has 6 aromatic carbocycles. The number of alkyl halides is 4. The first-order chi connectivity index (χ1) is 21.6. The van der Waals surface area contributed by atoms with Gasteiger partial charge < -0.3 is 0 Å². The highest BCUT2D eigenvalue weighted by Gasteiger charge is 2.15. The van der Waals surface area contributed by atoms with Crippen LogP contribution in [0.15, 0.2) is 133 Å². The van der Waals surface area contributed by atoms with Crippen LogP contribution < -0.4 is 0 Å². The van der Waals surface area contributed by atoms with E-state index in [0.717, 1.165) is 21.3 Å². The second-order valence-corrected chi connectivity index (χ2v) is 13.0. The fraction of sp³-hybridized carbons (Fsp3) is 0.100. The number of rotatable bonds is 9. The quantitative estimate of drug-likeness (QED) is 0.127. The molecule has 0 radical (unpaired) electrons. The fourth-order valence-corrected chi connectivity index (χ4v) is 7.84. The van der Waals surface area contributed by atoms with E-state index in [4.69, 9.17) is 0 Å². The van der Waals surface area contributed by atoms with E-state index in [1.54, 1.807) is 0 Å². The Morgan fingerprint density at radius 3 is 0.705 bits per heavy atom. The Balaban J connectivity index is 1.65. The standard InChI is InChI=1S/C40H30Br4/c41-23-27-9-1-5-13-37(27)33-17-31(18-34(21-33)38-14-6-2-10-28(38)24-42)32-19-35(39-15-7-3-11-29(39)25-43)22-36(20-32)40-16-8-4-12-30(40)26-44/h1-22H,23-26H2. The molecule has 44 heavy (non-hydrogen) atoms. The van der Waals surface area contributed by atoms with Crippen LogP contribution in [-0.4, -0.2) is 0 Å². The van der Waals surface area contributed by atoms with Crippen molar-refractivity contribution in [3.63, 3.8) is 0 Å². The Labute approximate surface area is 294 Å². The minimum absolute atomic E-state index is 0.799. The zero-order valence-corrected chi connectivity index (χ0v) is 30.4. The number of halogens is 4. The van der Waals surface area contributed by atoms with Crippen molar-refractivity contribution in [3.05, 3.63) is 156 Å². The third-order valence-corrected chi connectivity index (χ3v) is 10.5. The molecule has 0 saturated carbocycles. The average Bonchev–Trinajstić information content (AvgIpc) is 3.11. The second-order valence-electron chi connectivity index (χ2n) is 10.8. The lowest BCUT2D eigenvalue weighted by Crippen LogP contribution is -1.93. The molecule has 0 saturated heterocycles. The molecule has 0 nitrogen and oxygen atoms in total. The van der Waals surface area contributed by atoms with Gasteiger partial charge in [0.25, 0.3) is 0 Å². The van der Waals surface area contributed by atoms with Gasteiger partial charge in [0.15, 0.2) is 0 Å². The number of benzene rings is 6. The van der Waals surface area contributed by atoms with Crippen LogP contribution in [0, 0.1) is 0 Å². The third kappa shape index (κ3) is 6.60. The normalized spacial score (nSPS) is 11.1. The van der Waals surface area contributed by atoms with Crippen molar-refractivity contribution in [2.45, 2.75) is 21.3 Å². The Kier molecular flexibility index (Phi) is 10.3. The van der Waals surface area contributed by atoms with E-state index in [1.165, 1.54) is 77.9 Å². The molecule has 0 bridgehead atoms. The zero-order chi connectivity index (χ0) is 30.5. The summed E-state index contributed by atoms with van der Waals surface area (Å²) in [5.41, 5.74) is 17.3. The summed E-state index contributed by atoms with van der Waals surface area (Å²) in [6, 6.07) is 48.9. The maximum Gasteiger partial charge on any atom is 0.0289 e. The van der Waals surface area contributed by atoms with E-state index >= 15 is 0 Å². The van der Waals surface area contributed by atoms with E-state index in [0.29, 0.717) is 0 Å². The van der Waals surface area contributed by atoms with Crippen molar-refractivity contribution >= 4 is 63.7 Å². The third-order valence-electron chi connectivity index (χ3n) is 8.09. The van der Waals surface area contributed by atoms with Gasteiger partial charge in [-0.1, -0.05) is 161 Å². The van der Waals surface area contributed by atoms with Crippen molar-refractivity contribution in [3.8, 4) is 55.6 Å². The number of hydrogen-bond donors (Lipinski definition) is 0. The van der Waals surface area contributed by atoms with Crippen LogP contribution in [0.2, 0.25) is 0 Å². The van der Waals surface area contributed by atoms with E-state index in [2.05, 4.69) is 197 Å². The first kappa shape index (κ1) is 31.2. The summed E-state index contributed by atoms with van der Waals surface area (Å²) in [4.78, 5) is 0. The maximum absolute atomic E-state index is 3.74. The monoisotopic (exact) mass is 826 g/mol. The second kappa shape index (κ2) is 14.6. The van der Waals surface area contributed by atoms with Gasteiger partial charge in [-0.25, -0.2) is 0 Å². The molecule has 0 N–H and O–H groups in total. The van der Waals surface area contributed by atoms with Crippen LogP contribution in [0.4, 0.5) is 0 Å². The first-order valence-corrected chi connectivity index (χ1v) is 19.0. The molecular formula is C40H30Br4. The predicted molar refractivity (Wildman–Crippen MR) is 204 cm³/mol. The van der Waals surface area contributed by atoms with Crippen LogP contribution in [-0.2, 0) is 21.3 Å². The molecule has 0 fully saturated rings. The molecule has 218 valence electrons. The van der Waals surface area contributed by atoms with Gasteiger partial charge in [-0.15, -0.1) is 0 Å². The highest BCUT2D eigenvalue weighted by Crippen LogP contribution is 2.40. The van der Waals surface area contributed by atoms with Crippen molar-refractivity contribution in [2.24, 2.45) is 0 Å². The van der Waals surface area contributed by atoms with E-state index in [-0.39, 0.29) is 0 Å². The molecule has 0 spiro atoms. The molecule has 0 unspecified atom stereocenters. The molecule has 0 aliphatic carbocycles. The van der Waals surface area contributed by atoms with Gasteiger partial charge in [0.05, 0.1) is 0 Å². The van der Waals surface area contributed by atoms with Gasteiger partial charge in [-0.3, -0.25) is 0 Å². The van der Waals surface area contributed by atoms with Crippen LogP contribution in [0.1, 0.15) is 22.3 Å². The van der Waals surface area contributed by atoms with Gasteiger partial charge in [-0.2, -0.15) is 0 Å². The van der Waals surface area contributed by atoms with Gasteiger partial charge >= 0.3 is 0 Å². The molecule has 6 aromatic rings. The lowest BCUT2D eigenvalue weighted by molar-refractivity contribution is 1.40. The Morgan fingerprint density at radius 2 is 0.477 bits per heavy atom. The maximum atomic E-state index is 3.74. The average molecular weight is 830 g/mol. The summed E-state index contributed by atoms with van der Waals surface area (Å²) < 4.78 is 0. The number of hydrogen-bond acceptors (Lipinski definition) is 0. The molecule has 0 aliphatic rings.